The van der Waals surface area contributed by atoms with Gasteiger partial charge in [-0.2, -0.15) is 0 Å². The number of amides is 2. The number of H-pyrrole nitrogens is 1. The zero-order valence-electron chi connectivity index (χ0n) is 11.1. The molecule has 1 atom stereocenters. The van der Waals surface area contributed by atoms with E-state index in [4.69, 9.17) is 4.74 Å². The summed E-state index contributed by atoms with van der Waals surface area (Å²) in [5.74, 6) is -0.131. The lowest BCUT2D eigenvalue weighted by molar-refractivity contribution is -0.119. The minimum Gasteiger partial charge on any atom is -0.442 e. The molecule has 20 heavy (non-hydrogen) atoms. The molecule has 2 amide bonds. The van der Waals surface area contributed by atoms with Gasteiger partial charge in [-0.15, -0.1) is 0 Å². The molecule has 0 unspecified atom stereocenters. The van der Waals surface area contributed by atoms with Crippen molar-refractivity contribution in [2.75, 3.05) is 18.0 Å². The summed E-state index contributed by atoms with van der Waals surface area (Å²) in [6.45, 7) is 2.22. The number of ether oxygens (including phenoxy) is 1. The van der Waals surface area contributed by atoms with Gasteiger partial charge in [-0.1, -0.05) is 0 Å². The molecule has 0 saturated carbocycles. The highest BCUT2D eigenvalue weighted by Crippen LogP contribution is 2.25. The number of fused-ring (bicyclic) bond motifs is 1. The zero-order chi connectivity index (χ0) is 14.1. The van der Waals surface area contributed by atoms with Crippen molar-refractivity contribution in [3.8, 4) is 0 Å². The Morgan fingerprint density at radius 3 is 3.15 bits per heavy atom. The topological polar surface area (TPSA) is 74.4 Å². The highest BCUT2D eigenvalue weighted by molar-refractivity contribution is 5.93. The minimum atomic E-state index is -0.379. The smallest absolute Gasteiger partial charge is 0.414 e. The van der Waals surface area contributed by atoms with E-state index in [1.165, 1.54) is 6.92 Å². The quantitative estimate of drug-likeness (QED) is 0.892. The average Bonchev–Trinajstić information content (AvgIpc) is 3.01. The Hall–Kier alpha value is -2.50. The van der Waals surface area contributed by atoms with Gasteiger partial charge in [-0.25, -0.2) is 4.79 Å². The average molecular weight is 273 g/mol. The molecule has 1 saturated heterocycles. The monoisotopic (exact) mass is 273 g/mol. The van der Waals surface area contributed by atoms with Crippen LogP contribution >= 0.6 is 0 Å². The van der Waals surface area contributed by atoms with Crippen molar-refractivity contribution in [3.05, 3.63) is 30.5 Å². The fraction of sp³-hybridized carbons (Fsp3) is 0.286. The predicted molar refractivity (Wildman–Crippen MR) is 74.6 cm³/mol. The van der Waals surface area contributed by atoms with Gasteiger partial charge in [0, 0.05) is 29.7 Å². The van der Waals surface area contributed by atoms with Crippen molar-refractivity contribution < 1.29 is 14.3 Å². The summed E-state index contributed by atoms with van der Waals surface area (Å²) in [5.41, 5.74) is 1.82. The van der Waals surface area contributed by atoms with Crippen molar-refractivity contribution in [2.24, 2.45) is 0 Å². The molecular formula is C14H15N3O3. The third-order valence-electron chi connectivity index (χ3n) is 3.30. The number of hydrogen-bond donors (Lipinski definition) is 2. The van der Waals surface area contributed by atoms with Gasteiger partial charge in [0.15, 0.2) is 0 Å². The molecule has 6 heteroatoms. The van der Waals surface area contributed by atoms with Crippen LogP contribution in [0.2, 0.25) is 0 Å². The van der Waals surface area contributed by atoms with Gasteiger partial charge in [0.1, 0.15) is 6.10 Å². The first-order chi connectivity index (χ1) is 9.63. The number of hydrogen-bond acceptors (Lipinski definition) is 3. The summed E-state index contributed by atoms with van der Waals surface area (Å²) in [5, 5.41) is 3.70. The van der Waals surface area contributed by atoms with Crippen LogP contribution in [0.4, 0.5) is 10.5 Å². The van der Waals surface area contributed by atoms with Crippen LogP contribution in [0.3, 0.4) is 0 Å². The van der Waals surface area contributed by atoms with E-state index >= 15 is 0 Å². The summed E-state index contributed by atoms with van der Waals surface area (Å²) in [4.78, 5) is 27.5. The maximum Gasteiger partial charge on any atom is 0.414 e. The molecule has 0 spiro atoms. The van der Waals surface area contributed by atoms with E-state index in [1.807, 2.05) is 30.5 Å². The Morgan fingerprint density at radius 2 is 2.35 bits per heavy atom. The van der Waals surface area contributed by atoms with Crippen molar-refractivity contribution in [3.63, 3.8) is 0 Å². The molecule has 1 aromatic heterocycles. The third kappa shape index (κ3) is 2.32. The Kier molecular flexibility index (Phi) is 3.06. The minimum absolute atomic E-state index is 0.131. The molecule has 6 nitrogen and oxygen atoms in total. The molecule has 0 radical (unpaired) electrons. The summed E-state index contributed by atoms with van der Waals surface area (Å²) >= 11 is 0. The molecule has 3 rings (SSSR count). The Balaban J connectivity index is 1.76. The van der Waals surface area contributed by atoms with Crippen molar-refractivity contribution in [2.45, 2.75) is 13.0 Å². The van der Waals surface area contributed by atoms with Crippen LogP contribution in [0.1, 0.15) is 6.92 Å². The first kappa shape index (κ1) is 12.5. The Morgan fingerprint density at radius 1 is 1.50 bits per heavy atom. The molecular weight excluding hydrogens is 258 g/mol. The van der Waals surface area contributed by atoms with Crippen molar-refractivity contribution in [1.82, 2.24) is 10.3 Å². The highest BCUT2D eigenvalue weighted by Gasteiger charge is 2.32. The number of nitrogens with zero attached hydrogens (tertiary/aromatic N) is 1. The van der Waals surface area contributed by atoms with E-state index in [0.717, 1.165) is 16.6 Å². The van der Waals surface area contributed by atoms with Crippen molar-refractivity contribution >= 4 is 28.6 Å². The van der Waals surface area contributed by atoms with E-state index in [1.54, 1.807) is 4.90 Å². The second kappa shape index (κ2) is 4.88. The lowest BCUT2D eigenvalue weighted by Crippen LogP contribution is -2.33. The summed E-state index contributed by atoms with van der Waals surface area (Å²) < 4.78 is 5.24. The van der Waals surface area contributed by atoms with E-state index in [2.05, 4.69) is 10.3 Å². The number of benzene rings is 1. The molecule has 2 heterocycles. The van der Waals surface area contributed by atoms with Crippen LogP contribution in [-0.2, 0) is 9.53 Å². The molecule has 1 aromatic carbocycles. The summed E-state index contributed by atoms with van der Waals surface area (Å²) in [6.07, 6.45) is 1.17. The number of cyclic esters (lactones) is 1. The van der Waals surface area contributed by atoms with Gasteiger partial charge in [-0.05, 0) is 24.3 Å². The number of rotatable bonds is 3. The van der Waals surface area contributed by atoms with Crippen LogP contribution in [0, 0.1) is 0 Å². The SMILES string of the molecule is CC(=O)NC[C@H]1CN(c2ccc3[nH]ccc3c2)C(=O)O1. The standard InChI is InChI=1S/C14H15N3O3/c1-9(18)16-7-12-8-17(14(19)20-12)11-2-3-13-10(6-11)4-5-15-13/h2-6,12,15H,7-8H2,1H3,(H,16,18)/t12-/m0/s1. The maximum atomic E-state index is 11.9. The largest absolute Gasteiger partial charge is 0.442 e. The molecule has 2 aromatic rings. The molecule has 1 aliphatic rings. The van der Waals surface area contributed by atoms with E-state index < -0.39 is 0 Å². The Labute approximate surface area is 115 Å². The second-order valence-electron chi connectivity index (χ2n) is 4.80. The van der Waals surface area contributed by atoms with Crippen LogP contribution < -0.4 is 10.2 Å². The molecule has 1 aliphatic heterocycles. The fourth-order valence-electron chi connectivity index (χ4n) is 2.30. The van der Waals surface area contributed by atoms with Crippen LogP contribution in [-0.4, -0.2) is 36.2 Å². The first-order valence-corrected chi connectivity index (χ1v) is 6.43. The number of carbonyl (C=O) groups excluding carboxylic acids is 2. The fourth-order valence-corrected chi connectivity index (χ4v) is 2.30. The van der Waals surface area contributed by atoms with Gasteiger partial charge in [0.05, 0.1) is 13.1 Å². The maximum absolute atomic E-state index is 11.9. The van der Waals surface area contributed by atoms with Gasteiger partial charge in [0.2, 0.25) is 5.91 Å². The van der Waals surface area contributed by atoms with E-state index in [0.29, 0.717) is 13.1 Å². The Bertz CT molecular complexity index is 664. The van der Waals surface area contributed by atoms with Gasteiger partial charge < -0.3 is 15.0 Å². The predicted octanol–water partition coefficient (Wildman–Crippen LogP) is 1.63. The van der Waals surface area contributed by atoms with Gasteiger partial charge in [0.25, 0.3) is 0 Å². The number of anilines is 1. The van der Waals surface area contributed by atoms with Crippen LogP contribution in [0.5, 0.6) is 0 Å². The molecule has 1 fully saturated rings. The second-order valence-corrected chi connectivity index (χ2v) is 4.80. The lowest BCUT2D eigenvalue weighted by Gasteiger charge is -2.13. The molecule has 0 aliphatic carbocycles. The molecule has 104 valence electrons. The number of aromatic amines is 1. The number of carbonyl (C=O) groups is 2. The normalized spacial score (nSPS) is 18.4. The third-order valence-corrected chi connectivity index (χ3v) is 3.30. The van der Waals surface area contributed by atoms with E-state index in [-0.39, 0.29) is 18.1 Å². The van der Waals surface area contributed by atoms with Crippen LogP contribution in [0.15, 0.2) is 30.5 Å². The van der Waals surface area contributed by atoms with Crippen molar-refractivity contribution in [1.29, 1.82) is 0 Å². The van der Waals surface area contributed by atoms with Gasteiger partial charge >= 0.3 is 6.09 Å². The molecule has 2 N–H and O–H groups in total. The lowest BCUT2D eigenvalue weighted by atomic mass is 10.2. The summed E-state index contributed by atoms with van der Waals surface area (Å²) in [7, 11) is 0. The van der Waals surface area contributed by atoms with Crippen LogP contribution in [0.25, 0.3) is 10.9 Å². The van der Waals surface area contributed by atoms with E-state index in [9.17, 15) is 9.59 Å². The first-order valence-electron chi connectivity index (χ1n) is 6.43. The molecule has 0 bridgehead atoms. The zero-order valence-corrected chi connectivity index (χ0v) is 11.1. The number of aromatic nitrogens is 1. The number of nitrogens with one attached hydrogen (secondary N) is 2. The van der Waals surface area contributed by atoms with Gasteiger partial charge in [-0.3, -0.25) is 9.69 Å². The highest BCUT2D eigenvalue weighted by atomic mass is 16.6. The summed E-state index contributed by atoms with van der Waals surface area (Å²) in [6, 6.07) is 7.70.